The molecule has 3 nitrogen and oxygen atoms in total. The molecule has 2 rings (SSSR count). The van der Waals surface area contributed by atoms with E-state index in [-0.39, 0.29) is 10.8 Å². The van der Waals surface area contributed by atoms with Gasteiger partial charge in [-0.3, -0.25) is 0 Å². The number of hydrogen-bond acceptors (Lipinski definition) is 2. The highest BCUT2D eigenvalue weighted by Gasteiger charge is 2.07. The molecule has 108 valence electrons. The van der Waals surface area contributed by atoms with Gasteiger partial charge in [-0.25, -0.2) is 9.18 Å². The van der Waals surface area contributed by atoms with Gasteiger partial charge in [0.1, 0.15) is 17.3 Å². The summed E-state index contributed by atoms with van der Waals surface area (Å²) >= 11 is 11.5. The first-order chi connectivity index (χ1) is 9.95. The van der Waals surface area contributed by atoms with Gasteiger partial charge in [0.05, 0.1) is 5.02 Å². The monoisotopic (exact) mass is 326 g/mol. The van der Waals surface area contributed by atoms with Crippen LogP contribution in [0.5, 0.6) is 11.5 Å². The van der Waals surface area contributed by atoms with E-state index in [1.165, 1.54) is 18.2 Å². The Balaban J connectivity index is 2.34. The van der Waals surface area contributed by atoms with E-state index in [0.29, 0.717) is 16.3 Å². The number of carboxylic acids is 1. The van der Waals surface area contributed by atoms with Crippen LogP contribution in [0.15, 0.2) is 42.5 Å². The lowest BCUT2D eigenvalue weighted by molar-refractivity contribution is -0.131. The van der Waals surface area contributed by atoms with E-state index in [2.05, 4.69) is 0 Å². The van der Waals surface area contributed by atoms with Crippen LogP contribution in [0.25, 0.3) is 6.08 Å². The van der Waals surface area contributed by atoms with Gasteiger partial charge in [0, 0.05) is 22.7 Å². The van der Waals surface area contributed by atoms with Crippen LogP contribution in [-0.2, 0) is 4.79 Å². The molecule has 0 radical (unpaired) electrons. The summed E-state index contributed by atoms with van der Waals surface area (Å²) < 4.78 is 18.9. The van der Waals surface area contributed by atoms with Crippen molar-refractivity contribution in [1.29, 1.82) is 0 Å². The number of ether oxygens (including phenoxy) is 1. The van der Waals surface area contributed by atoms with Gasteiger partial charge in [-0.1, -0.05) is 23.2 Å². The topological polar surface area (TPSA) is 46.5 Å². The average molecular weight is 327 g/mol. The van der Waals surface area contributed by atoms with E-state index in [1.54, 1.807) is 18.2 Å². The smallest absolute Gasteiger partial charge is 0.328 e. The molecule has 2 aromatic rings. The first kappa shape index (κ1) is 15.4. The van der Waals surface area contributed by atoms with Crippen LogP contribution in [0.4, 0.5) is 4.39 Å². The fourth-order valence-electron chi connectivity index (χ4n) is 1.57. The molecule has 6 heteroatoms. The van der Waals surface area contributed by atoms with Gasteiger partial charge >= 0.3 is 5.97 Å². The van der Waals surface area contributed by atoms with Crippen LogP contribution in [0, 0.1) is 5.82 Å². The van der Waals surface area contributed by atoms with E-state index in [4.69, 9.17) is 33.0 Å². The zero-order chi connectivity index (χ0) is 15.4. The number of benzene rings is 2. The summed E-state index contributed by atoms with van der Waals surface area (Å²) in [6.45, 7) is 0. The summed E-state index contributed by atoms with van der Waals surface area (Å²) in [5.41, 5.74) is 0.459. The van der Waals surface area contributed by atoms with E-state index in [0.717, 1.165) is 12.1 Å². The molecule has 0 saturated heterocycles. The zero-order valence-corrected chi connectivity index (χ0v) is 12.0. The first-order valence-electron chi connectivity index (χ1n) is 5.79. The summed E-state index contributed by atoms with van der Waals surface area (Å²) in [5, 5.41) is 9.08. The minimum absolute atomic E-state index is 0.00977. The van der Waals surface area contributed by atoms with Crippen molar-refractivity contribution in [2.24, 2.45) is 0 Å². The van der Waals surface area contributed by atoms with Gasteiger partial charge < -0.3 is 9.84 Å². The molecule has 0 bridgehead atoms. The molecule has 0 amide bonds. The lowest BCUT2D eigenvalue weighted by Crippen LogP contribution is -1.90. The fraction of sp³-hybridized carbons (Fsp3) is 0. The van der Waals surface area contributed by atoms with Gasteiger partial charge in [0.15, 0.2) is 0 Å². The Morgan fingerprint density at radius 3 is 2.62 bits per heavy atom. The van der Waals surface area contributed by atoms with Crippen molar-refractivity contribution in [3.05, 3.63) is 63.9 Å². The quantitative estimate of drug-likeness (QED) is 0.802. The maximum atomic E-state index is 13.4. The molecule has 0 aliphatic heterocycles. The molecule has 21 heavy (non-hydrogen) atoms. The second kappa shape index (κ2) is 6.61. The third-order valence-corrected chi connectivity index (χ3v) is 3.04. The molecule has 0 spiro atoms. The Morgan fingerprint density at radius 1 is 1.19 bits per heavy atom. The number of halogens is 3. The summed E-state index contributed by atoms with van der Waals surface area (Å²) in [7, 11) is 0. The van der Waals surface area contributed by atoms with Crippen molar-refractivity contribution in [3.63, 3.8) is 0 Å². The summed E-state index contributed by atoms with van der Waals surface area (Å²) in [6.07, 6.45) is 2.30. The normalized spacial score (nSPS) is 10.8. The molecule has 2 aromatic carbocycles. The Kier molecular flexibility index (Phi) is 4.83. The molecule has 0 aliphatic rings. The fourth-order valence-corrected chi connectivity index (χ4v) is 1.87. The predicted molar refractivity (Wildman–Crippen MR) is 79.6 cm³/mol. The lowest BCUT2D eigenvalue weighted by Gasteiger charge is -2.09. The largest absolute Gasteiger partial charge is 0.478 e. The van der Waals surface area contributed by atoms with E-state index in [9.17, 15) is 9.18 Å². The standard InChI is InChI=1S/C15H9Cl2FO3/c16-10-2-5-14(9(7-10)1-6-15(19)20)21-11-3-4-12(17)13(18)8-11/h1-8H,(H,19,20)/b6-1+. The van der Waals surface area contributed by atoms with Crippen LogP contribution < -0.4 is 4.74 Å². The van der Waals surface area contributed by atoms with Crippen LogP contribution in [0.3, 0.4) is 0 Å². The summed E-state index contributed by atoms with van der Waals surface area (Å²) in [4.78, 5) is 10.6. The summed E-state index contributed by atoms with van der Waals surface area (Å²) in [5.74, 6) is -1.12. The van der Waals surface area contributed by atoms with Gasteiger partial charge in [-0.05, 0) is 36.4 Å². The highest BCUT2D eigenvalue weighted by atomic mass is 35.5. The van der Waals surface area contributed by atoms with Gasteiger partial charge in [0.25, 0.3) is 0 Å². The molecule has 1 N–H and O–H groups in total. The maximum Gasteiger partial charge on any atom is 0.328 e. The molecule has 0 aromatic heterocycles. The van der Waals surface area contributed by atoms with E-state index < -0.39 is 11.8 Å². The molecule has 0 unspecified atom stereocenters. The van der Waals surface area contributed by atoms with Crippen molar-refractivity contribution >= 4 is 35.2 Å². The second-order valence-corrected chi connectivity index (χ2v) is 4.88. The number of rotatable bonds is 4. The Hall–Kier alpha value is -2.04. The van der Waals surface area contributed by atoms with Crippen molar-refractivity contribution in [1.82, 2.24) is 0 Å². The SMILES string of the molecule is O=C(O)/C=C/c1cc(Cl)ccc1Oc1ccc(Cl)c(F)c1. The number of aliphatic carboxylic acids is 1. The highest BCUT2D eigenvalue weighted by Crippen LogP contribution is 2.30. The molecule has 0 heterocycles. The second-order valence-electron chi connectivity index (χ2n) is 4.03. The van der Waals surface area contributed by atoms with Crippen molar-refractivity contribution < 1.29 is 19.0 Å². The zero-order valence-electron chi connectivity index (χ0n) is 10.5. The molecule has 0 saturated carbocycles. The van der Waals surface area contributed by atoms with Crippen LogP contribution in [-0.4, -0.2) is 11.1 Å². The average Bonchev–Trinajstić information content (AvgIpc) is 2.43. The van der Waals surface area contributed by atoms with Gasteiger partial charge in [0.2, 0.25) is 0 Å². The number of hydrogen-bond donors (Lipinski definition) is 1. The third kappa shape index (κ3) is 4.21. The molecular weight excluding hydrogens is 318 g/mol. The summed E-state index contributed by atoms with van der Waals surface area (Å²) in [6, 6.07) is 8.71. The number of carboxylic acid groups (broad SMARTS) is 1. The Bertz CT molecular complexity index is 714. The Morgan fingerprint density at radius 2 is 1.95 bits per heavy atom. The predicted octanol–water partition coefficient (Wildman–Crippen LogP) is 5.02. The van der Waals surface area contributed by atoms with Crippen molar-refractivity contribution in [2.75, 3.05) is 0 Å². The minimum atomic E-state index is -1.10. The molecule has 0 fully saturated rings. The van der Waals surface area contributed by atoms with Gasteiger partial charge in [-0.2, -0.15) is 0 Å². The lowest BCUT2D eigenvalue weighted by atomic mass is 10.2. The number of carbonyl (C=O) groups is 1. The Labute approximate surface area is 130 Å². The van der Waals surface area contributed by atoms with E-state index in [1.807, 2.05) is 0 Å². The van der Waals surface area contributed by atoms with Crippen molar-refractivity contribution in [3.8, 4) is 11.5 Å². The van der Waals surface area contributed by atoms with Crippen LogP contribution >= 0.6 is 23.2 Å². The van der Waals surface area contributed by atoms with Crippen LogP contribution in [0.1, 0.15) is 5.56 Å². The third-order valence-electron chi connectivity index (χ3n) is 2.50. The minimum Gasteiger partial charge on any atom is -0.478 e. The maximum absolute atomic E-state index is 13.4. The molecule has 0 aliphatic carbocycles. The molecule has 0 atom stereocenters. The van der Waals surface area contributed by atoms with Crippen LogP contribution in [0.2, 0.25) is 10.0 Å². The van der Waals surface area contributed by atoms with E-state index >= 15 is 0 Å². The highest BCUT2D eigenvalue weighted by molar-refractivity contribution is 6.31. The first-order valence-corrected chi connectivity index (χ1v) is 6.55. The van der Waals surface area contributed by atoms with Crippen molar-refractivity contribution in [2.45, 2.75) is 0 Å². The molecular formula is C15H9Cl2FO3. The van der Waals surface area contributed by atoms with Gasteiger partial charge in [-0.15, -0.1) is 0 Å².